The zero-order chi connectivity index (χ0) is 14.5. The molecule has 0 heterocycles. The van der Waals surface area contributed by atoms with Crippen LogP contribution in [0.4, 0.5) is 4.39 Å². The number of halogens is 1. The van der Waals surface area contributed by atoms with E-state index in [2.05, 4.69) is 0 Å². The van der Waals surface area contributed by atoms with Gasteiger partial charge in [-0.2, -0.15) is 0 Å². The fourth-order valence-corrected chi connectivity index (χ4v) is 2.15. The van der Waals surface area contributed by atoms with Gasteiger partial charge in [0.25, 0.3) is 0 Å². The van der Waals surface area contributed by atoms with Crippen molar-refractivity contribution >= 4 is 5.97 Å². The molecule has 0 amide bonds. The summed E-state index contributed by atoms with van der Waals surface area (Å²) < 4.78 is 12.8. The molecular formula is C15H21FO3. The zero-order valence-electron chi connectivity index (χ0n) is 11.4. The Morgan fingerprint density at radius 2 is 1.79 bits per heavy atom. The molecule has 0 aliphatic rings. The molecule has 0 aromatic heterocycles. The standard InChI is InChI=1S/C15H21FO3/c1-3-15(19,4-2)10-12(14(17)18)9-11-5-7-13(16)8-6-11/h5-8,12,19H,3-4,9-10H2,1-2H3,(H,17,18). The third-order valence-corrected chi connectivity index (χ3v) is 3.69. The molecule has 0 fully saturated rings. The lowest BCUT2D eigenvalue weighted by atomic mass is 9.83. The SMILES string of the molecule is CCC(O)(CC)CC(Cc1ccc(F)cc1)C(=O)O. The molecule has 1 rings (SSSR count). The van der Waals surface area contributed by atoms with E-state index >= 15 is 0 Å². The van der Waals surface area contributed by atoms with Crippen molar-refractivity contribution in [3.8, 4) is 0 Å². The van der Waals surface area contributed by atoms with Gasteiger partial charge in [-0.25, -0.2) is 4.39 Å². The number of hydrogen-bond donors (Lipinski definition) is 2. The van der Waals surface area contributed by atoms with E-state index < -0.39 is 17.5 Å². The van der Waals surface area contributed by atoms with E-state index in [1.807, 2.05) is 13.8 Å². The highest BCUT2D eigenvalue weighted by atomic mass is 19.1. The summed E-state index contributed by atoms with van der Waals surface area (Å²) in [4.78, 5) is 11.3. The van der Waals surface area contributed by atoms with Crippen molar-refractivity contribution in [2.24, 2.45) is 5.92 Å². The van der Waals surface area contributed by atoms with Crippen molar-refractivity contribution < 1.29 is 19.4 Å². The number of hydrogen-bond acceptors (Lipinski definition) is 2. The lowest BCUT2D eigenvalue weighted by Gasteiger charge is -2.28. The van der Waals surface area contributed by atoms with Gasteiger partial charge in [-0.1, -0.05) is 26.0 Å². The van der Waals surface area contributed by atoms with Crippen LogP contribution in [-0.4, -0.2) is 21.8 Å². The Bertz CT molecular complexity index is 410. The molecule has 0 aliphatic carbocycles. The van der Waals surface area contributed by atoms with E-state index in [-0.39, 0.29) is 12.2 Å². The second kappa shape index (κ2) is 6.66. The first-order valence-electron chi connectivity index (χ1n) is 6.60. The van der Waals surface area contributed by atoms with Gasteiger partial charge in [0.1, 0.15) is 5.82 Å². The second-order valence-corrected chi connectivity index (χ2v) is 5.00. The Morgan fingerprint density at radius 1 is 1.26 bits per heavy atom. The fraction of sp³-hybridized carbons (Fsp3) is 0.533. The largest absolute Gasteiger partial charge is 0.481 e. The molecule has 2 N–H and O–H groups in total. The third kappa shape index (κ3) is 4.63. The van der Waals surface area contributed by atoms with Gasteiger partial charge in [-0.05, 0) is 43.4 Å². The van der Waals surface area contributed by atoms with E-state index in [4.69, 9.17) is 0 Å². The fourth-order valence-electron chi connectivity index (χ4n) is 2.15. The monoisotopic (exact) mass is 268 g/mol. The van der Waals surface area contributed by atoms with Crippen LogP contribution < -0.4 is 0 Å². The summed E-state index contributed by atoms with van der Waals surface area (Å²) in [6.45, 7) is 3.70. The first-order valence-corrected chi connectivity index (χ1v) is 6.60. The molecule has 0 radical (unpaired) electrons. The van der Waals surface area contributed by atoms with Crippen molar-refractivity contribution in [3.05, 3.63) is 35.6 Å². The predicted octanol–water partition coefficient (Wildman–Crippen LogP) is 3.01. The highest BCUT2D eigenvalue weighted by molar-refractivity contribution is 5.70. The van der Waals surface area contributed by atoms with Crippen LogP contribution in [0, 0.1) is 11.7 Å². The molecule has 0 aliphatic heterocycles. The maximum Gasteiger partial charge on any atom is 0.306 e. The van der Waals surface area contributed by atoms with Crippen molar-refractivity contribution in [2.45, 2.75) is 45.1 Å². The first kappa shape index (κ1) is 15.6. The van der Waals surface area contributed by atoms with Crippen LogP contribution in [0.25, 0.3) is 0 Å². The molecule has 0 spiro atoms. The Kier molecular flexibility index (Phi) is 5.48. The van der Waals surface area contributed by atoms with E-state index in [1.165, 1.54) is 12.1 Å². The molecular weight excluding hydrogens is 247 g/mol. The summed E-state index contributed by atoms with van der Waals surface area (Å²) in [6.07, 6.45) is 1.57. The van der Waals surface area contributed by atoms with Crippen LogP contribution in [-0.2, 0) is 11.2 Å². The minimum atomic E-state index is -0.941. The van der Waals surface area contributed by atoms with Crippen LogP contribution in [0.1, 0.15) is 38.7 Å². The maximum atomic E-state index is 12.8. The van der Waals surface area contributed by atoms with Gasteiger partial charge >= 0.3 is 5.97 Å². The lowest BCUT2D eigenvalue weighted by molar-refractivity contribution is -0.144. The topological polar surface area (TPSA) is 57.5 Å². The molecule has 1 atom stereocenters. The van der Waals surface area contributed by atoms with Gasteiger partial charge in [0.05, 0.1) is 11.5 Å². The summed E-state index contributed by atoms with van der Waals surface area (Å²) >= 11 is 0. The molecule has 0 bridgehead atoms. The Balaban J connectivity index is 2.78. The third-order valence-electron chi connectivity index (χ3n) is 3.69. The molecule has 0 saturated carbocycles. The van der Waals surface area contributed by atoms with E-state index in [1.54, 1.807) is 12.1 Å². The number of aliphatic carboxylic acids is 1. The van der Waals surface area contributed by atoms with Crippen LogP contribution in [0.5, 0.6) is 0 Å². The van der Waals surface area contributed by atoms with Gasteiger partial charge in [-0.3, -0.25) is 4.79 Å². The van der Waals surface area contributed by atoms with Crippen molar-refractivity contribution in [2.75, 3.05) is 0 Å². The molecule has 106 valence electrons. The van der Waals surface area contributed by atoms with E-state index in [9.17, 15) is 19.4 Å². The van der Waals surface area contributed by atoms with Gasteiger partial charge < -0.3 is 10.2 Å². The molecule has 0 saturated heterocycles. The summed E-state index contributed by atoms with van der Waals surface area (Å²) in [5.41, 5.74) is -0.174. The van der Waals surface area contributed by atoms with Gasteiger partial charge in [0.15, 0.2) is 0 Å². The van der Waals surface area contributed by atoms with E-state index in [0.29, 0.717) is 19.3 Å². The summed E-state index contributed by atoms with van der Waals surface area (Å²) in [6, 6.07) is 5.81. The van der Waals surface area contributed by atoms with Gasteiger partial charge in [-0.15, -0.1) is 0 Å². The quantitative estimate of drug-likeness (QED) is 0.799. The van der Waals surface area contributed by atoms with Crippen molar-refractivity contribution in [1.82, 2.24) is 0 Å². The maximum absolute atomic E-state index is 12.8. The molecule has 1 aromatic rings. The Hall–Kier alpha value is -1.42. The van der Waals surface area contributed by atoms with Gasteiger partial charge in [0.2, 0.25) is 0 Å². The summed E-state index contributed by atoms with van der Waals surface area (Å²) in [5, 5.41) is 19.5. The van der Waals surface area contributed by atoms with E-state index in [0.717, 1.165) is 5.56 Å². The molecule has 19 heavy (non-hydrogen) atoms. The summed E-state index contributed by atoms with van der Waals surface area (Å²) in [7, 11) is 0. The van der Waals surface area contributed by atoms with Crippen LogP contribution in [0.3, 0.4) is 0 Å². The number of aliphatic hydroxyl groups is 1. The number of rotatable bonds is 7. The zero-order valence-corrected chi connectivity index (χ0v) is 11.4. The smallest absolute Gasteiger partial charge is 0.306 e. The molecule has 4 heteroatoms. The Labute approximate surface area is 113 Å². The van der Waals surface area contributed by atoms with Crippen molar-refractivity contribution in [3.63, 3.8) is 0 Å². The minimum absolute atomic E-state index is 0.215. The van der Waals surface area contributed by atoms with Crippen molar-refractivity contribution in [1.29, 1.82) is 0 Å². The van der Waals surface area contributed by atoms with Crippen LogP contribution in [0.15, 0.2) is 24.3 Å². The second-order valence-electron chi connectivity index (χ2n) is 5.00. The van der Waals surface area contributed by atoms with Gasteiger partial charge in [0, 0.05) is 0 Å². The number of benzene rings is 1. The lowest BCUT2D eigenvalue weighted by Crippen LogP contribution is -2.33. The highest BCUT2D eigenvalue weighted by Crippen LogP contribution is 2.26. The number of carbonyl (C=O) groups is 1. The molecule has 1 unspecified atom stereocenters. The van der Waals surface area contributed by atoms with Crippen LogP contribution in [0.2, 0.25) is 0 Å². The molecule has 3 nitrogen and oxygen atoms in total. The number of carboxylic acids is 1. The minimum Gasteiger partial charge on any atom is -0.481 e. The average molecular weight is 268 g/mol. The van der Waals surface area contributed by atoms with Crippen LogP contribution >= 0.6 is 0 Å². The molecule has 1 aromatic carbocycles. The Morgan fingerprint density at radius 3 is 2.21 bits per heavy atom. The highest BCUT2D eigenvalue weighted by Gasteiger charge is 2.30. The normalized spacial score (nSPS) is 13.3. The number of carboxylic acid groups (broad SMARTS) is 1. The average Bonchev–Trinajstić information content (AvgIpc) is 2.40. The first-order chi connectivity index (χ1) is 8.90. The summed E-state index contributed by atoms with van der Waals surface area (Å²) in [5.74, 6) is -1.92. The predicted molar refractivity (Wildman–Crippen MR) is 71.4 cm³/mol.